The number of aromatic nitrogens is 2. The van der Waals surface area contributed by atoms with Crippen molar-refractivity contribution in [2.75, 3.05) is 26.8 Å². The van der Waals surface area contributed by atoms with Crippen molar-refractivity contribution in [2.24, 2.45) is 0 Å². The molecule has 0 aliphatic heterocycles. The van der Waals surface area contributed by atoms with Crippen LogP contribution in [0.25, 0.3) is 11.5 Å². The van der Waals surface area contributed by atoms with Gasteiger partial charge in [0.1, 0.15) is 5.75 Å². The molecule has 0 spiro atoms. The van der Waals surface area contributed by atoms with Crippen molar-refractivity contribution in [3.63, 3.8) is 0 Å². The number of benzene rings is 1. The fourth-order valence-electron chi connectivity index (χ4n) is 1.92. The average molecular weight is 289 g/mol. The first-order chi connectivity index (χ1) is 10.3. The molecule has 0 atom stereocenters. The first kappa shape index (κ1) is 15.2. The highest BCUT2D eigenvalue weighted by molar-refractivity contribution is 5.53. The summed E-state index contributed by atoms with van der Waals surface area (Å²) in [6, 6.07) is 7.42. The molecule has 1 N–H and O–H groups in total. The van der Waals surface area contributed by atoms with Crippen molar-refractivity contribution >= 4 is 0 Å². The predicted octanol–water partition coefficient (Wildman–Crippen LogP) is 1.73. The SMILES string of the molecule is C=CCN(CCO)Cc1nnc(-c2ccc(OC)cc2)o1. The number of rotatable bonds is 8. The molecule has 0 radical (unpaired) electrons. The summed E-state index contributed by atoms with van der Waals surface area (Å²) < 4.78 is 10.8. The summed E-state index contributed by atoms with van der Waals surface area (Å²) in [5.74, 6) is 1.75. The van der Waals surface area contributed by atoms with E-state index in [1.807, 2.05) is 29.2 Å². The lowest BCUT2D eigenvalue weighted by atomic mass is 10.2. The van der Waals surface area contributed by atoms with Crippen molar-refractivity contribution in [3.05, 3.63) is 42.8 Å². The van der Waals surface area contributed by atoms with E-state index < -0.39 is 0 Å². The summed E-state index contributed by atoms with van der Waals surface area (Å²) in [6.07, 6.45) is 1.77. The van der Waals surface area contributed by atoms with E-state index in [2.05, 4.69) is 16.8 Å². The van der Waals surface area contributed by atoms with E-state index in [0.717, 1.165) is 11.3 Å². The number of hydrogen-bond donors (Lipinski definition) is 1. The molecule has 0 aliphatic carbocycles. The smallest absolute Gasteiger partial charge is 0.247 e. The topological polar surface area (TPSA) is 71.6 Å². The van der Waals surface area contributed by atoms with Gasteiger partial charge in [-0.25, -0.2) is 0 Å². The van der Waals surface area contributed by atoms with Crippen molar-refractivity contribution in [2.45, 2.75) is 6.54 Å². The Hall–Kier alpha value is -2.18. The van der Waals surface area contributed by atoms with Gasteiger partial charge in [-0.2, -0.15) is 0 Å². The maximum Gasteiger partial charge on any atom is 0.247 e. The van der Waals surface area contributed by atoms with Crippen LogP contribution in [0.2, 0.25) is 0 Å². The summed E-state index contributed by atoms with van der Waals surface area (Å²) in [5, 5.41) is 17.1. The molecule has 0 aliphatic rings. The van der Waals surface area contributed by atoms with Crippen LogP contribution in [0.15, 0.2) is 41.3 Å². The first-order valence-electron chi connectivity index (χ1n) is 6.67. The zero-order valence-corrected chi connectivity index (χ0v) is 12.0. The summed E-state index contributed by atoms with van der Waals surface area (Å²) in [6.45, 7) is 5.44. The summed E-state index contributed by atoms with van der Waals surface area (Å²) in [5.41, 5.74) is 0.840. The van der Waals surface area contributed by atoms with Gasteiger partial charge in [0.25, 0.3) is 0 Å². The highest BCUT2D eigenvalue weighted by atomic mass is 16.5. The third-order valence-electron chi connectivity index (χ3n) is 2.97. The molecule has 6 nitrogen and oxygen atoms in total. The van der Waals surface area contributed by atoms with Crippen molar-refractivity contribution in [3.8, 4) is 17.2 Å². The van der Waals surface area contributed by atoms with Gasteiger partial charge < -0.3 is 14.3 Å². The second kappa shape index (κ2) is 7.56. The van der Waals surface area contributed by atoms with Crippen molar-refractivity contribution in [1.29, 1.82) is 0 Å². The van der Waals surface area contributed by atoms with E-state index in [4.69, 9.17) is 14.3 Å². The molecule has 6 heteroatoms. The zero-order chi connectivity index (χ0) is 15.1. The molecule has 0 saturated heterocycles. The van der Waals surface area contributed by atoms with Crippen molar-refractivity contribution in [1.82, 2.24) is 15.1 Å². The standard InChI is InChI=1S/C15H19N3O3/c1-3-8-18(9-10-19)11-14-16-17-15(21-14)12-4-6-13(20-2)7-5-12/h3-7,19H,1,8-11H2,2H3. The molecule has 0 bridgehead atoms. The van der Waals surface area contributed by atoms with Crippen LogP contribution in [-0.4, -0.2) is 47.0 Å². The number of methoxy groups -OCH3 is 1. The first-order valence-corrected chi connectivity index (χ1v) is 6.67. The molecule has 2 rings (SSSR count). The lowest BCUT2D eigenvalue weighted by molar-refractivity contribution is 0.192. The largest absolute Gasteiger partial charge is 0.497 e. The van der Waals surface area contributed by atoms with Gasteiger partial charge in [-0.15, -0.1) is 16.8 Å². The van der Waals surface area contributed by atoms with Crippen LogP contribution < -0.4 is 4.74 Å². The van der Waals surface area contributed by atoms with Crippen molar-refractivity contribution < 1.29 is 14.3 Å². The van der Waals surface area contributed by atoms with Gasteiger partial charge in [-0.3, -0.25) is 4.90 Å². The second-order valence-corrected chi connectivity index (χ2v) is 4.48. The lowest BCUT2D eigenvalue weighted by Gasteiger charge is -2.16. The summed E-state index contributed by atoms with van der Waals surface area (Å²) >= 11 is 0. The number of hydrogen-bond acceptors (Lipinski definition) is 6. The number of ether oxygens (including phenoxy) is 1. The maximum atomic E-state index is 9.02. The monoisotopic (exact) mass is 289 g/mol. The van der Waals surface area contributed by atoms with Crippen LogP contribution in [0.4, 0.5) is 0 Å². The summed E-state index contributed by atoms with van der Waals surface area (Å²) in [4.78, 5) is 1.97. The molecule has 0 fully saturated rings. The number of nitrogens with zero attached hydrogens (tertiary/aromatic N) is 3. The predicted molar refractivity (Wildman–Crippen MR) is 78.8 cm³/mol. The van der Waals surface area contributed by atoms with E-state index in [9.17, 15) is 0 Å². The lowest BCUT2D eigenvalue weighted by Crippen LogP contribution is -2.26. The second-order valence-electron chi connectivity index (χ2n) is 4.48. The molecule has 1 aromatic carbocycles. The van der Waals surface area contributed by atoms with E-state index >= 15 is 0 Å². The molecule has 0 unspecified atom stereocenters. The molecule has 112 valence electrons. The fourth-order valence-corrected chi connectivity index (χ4v) is 1.92. The minimum Gasteiger partial charge on any atom is -0.497 e. The Balaban J connectivity index is 2.07. The quantitative estimate of drug-likeness (QED) is 0.746. The Kier molecular flexibility index (Phi) is 5.48. The average Bonchev–Trinajstić information content (AvgIpc) is 2.96. The van der Waals surface area contributed by atoms with Crippen LogP contribution in [0, 0.1) is 0 Å². The molecule has 21 heavy (non-hydrogen) atoms. The highest BCUT2D eigenvalue weighted by Crippen LogP contribution is 2.21. The number of aliphatic hydroxyl groups excluding tert-OH is 1. The molecular weight excluding hydrogens is 270 g/mol. The van der Waals surface area contributed by atoms with Crippen LogP contribution in [0.5, 0.6) is 5.75 Å². The Morgan fingerprint density at radius 2 is 2.10 bits per heavy atom. The van der Waals surface area contributed by atoms with Gasteiger partial charge in [-0.1, -0.05) is 6.08 Å². The van der Waals surface area contributed by atoms with Gasteiger partial charge in [0, 0.05) is 18.7 Å². The fraction of sp³-hybridized carbons (Fsp3) is 0.333. The Morgan fingerprint density at radius 1 is 1.33 bits per heavy atom. The molecular formula is C15H19N3O3. The Labute approximate surface area is 123 Å². The van der Waals surface area contributed by atoms with Gasteiger partial charge >= 0.3 is 0 Å². The van der Waals surface area contributed by atoms with Gasteiger partial charge in [0.2, 0.25) is 11.8 Å². The van der Waals surface area contributed by atoms with Crippen LogP contribution in [0.3, 0.4) is 0 Å². The third kappa shape index (κ3) is 4.14. The maximum absolute atomic E-state index is 9.02. The van der Waals surface area contributed by atoms with E-state index in [-0.39, 0.29) is 6.61 Å². The van der Waals surface area contributed by atoms with E-state index in [1.165, 1.54) is 0 Å². The highest BCUT2D eigenvalue weighted by Gasteiger charge is 2.12. The molecule has 2 aromatic rings. The van der Waals surface area contributed by atoms with Crippen LogP contribution >= 0.6 is 0 Å². The third-order valence-corrected chi connectivity index (χ3v) is 2.97. The number of aliphatic hydroxyl groups is 1. The van der Waals surface area contributed by atoms with Gasteiger partial charge in [-0.05, 0) is 24.3 Å². The Morgan fingerprint density at radius 3 is 2.71 bits per heavy atom. The molecule has 1 heterocycles. The molecule has 1 aromatic heterocycles. The summed E-state index contributed by atoms with van der Waals surface area (Å²) in [7, 11) is 1.62. The Bertz CT molecular complexity index is 566. The normalized spacial score (nSPS) is 10.8. The van der Waals surface area contributed by atoms with Gasteiger partial charge in [0.15, 0.2) is 0 Å². The van der Waals surface area contributed by atoms with E-state index in [1.54, 1.807) is 13.2 Å². The van der Waals surface area contributed by atoms with Crippen LogP contribution in [0.1, 0.15) is 5.89 Å². The molecule has 0 amide bonds. The van der Waals surface area contributed by atoms with Gasteiger partial charge in [0.05, 0.1) is 20.3 Å². The van der Waals surface area contributed by atoms with Crippen LogP contribution in [-0.2, 0) is 6.54 Å². The minimum absolute atomic E-state index is 0.0767. The minimum atomic E-state index is 0.0767. The molecule has 0 saturated carbocycles. The van der Waals surface area contributed by atoms with E-state index in [0.29, 0.717) is 31.4 Å². The zero-order valence-electron chi connectivity index (χ0n) is 12.0.